The second-order valence-electron chi connectivity index (χ2n) is 11.3. The molecule has 1 amide bonds. The number of ether oxygens (including phenoxy) is 1. The summed E-state index contributed by atoms with van der Waals surface area (Å²) in [4.78, 5) is 28.2. The topological polar surface area (TPSA) is 58.6 Å². The smallest absolute Gasteiger partial charge is 0.256 e. The van der Waals surface area contributed by atoms with Crippen molar-refractivity contribution in [1.29, 1.82) is 0 Å². The van der Waals surface area contributed by atoms with Crippen molar-refractivity contribution in [2.75, 3.05) is 14.1 Å². The Morgan fingerprint density at radius 1 is 1.09 bits per heavy atom. The molecule has 5 aliphatic carbocycles. The van der Waals surface area contributed by atoms with Crippen molar-refractivity contribution < 1.29 is 14.3 Å². The normalized spacial score (nSPS) is 34.3. The molecule has 172 valence electrons. The zero-order chi connectivity index (χ0) is 22.5. The zero-order valence-electron chi connectivity index (χ0n) is 19.6. The number of carbonyl (C=O) groups is 2. The van der Waals surface area contributed by atoms with Gasteiger partial charge in [0.05, 0.1) is 17.8 Å². The molecule has 4 bridgehead atoms. The number of hydrogen-bond acceptors (Lipinski definition) is 4. The summed E-state index contributed by atoms with van der Waals surface area (Å²) in [6, 6.07) is 10.6. The van der Waals surface area contributed by atoms with Gasteiger partial charge in [0.15, 0.2) is 5.78 Å². The molecule has 1 N–H and O–H groups in total. The number of nitrogens with one attached hydrogen (secondary N) is 1. The van der Waals surface area contributed by atoms with Gasteiger partial charge in [0.1, 0.15) is 0 Å². The second-order valence-corrected chi connectivity index (χ2v) is 11.3. The Kier molecular flexibility index (Phi) is 5.43. The molecule has 2 atom stereocenters. The Hall–Kier alpha value is -2.14. The van der Waals surface area contributed by atoms with Gasteiger partial charge in [-0.2, -0.15) is 0 Å². The van der Waals surface area contributed by atoms with Crippen LogP contribution in [0.5, 0.6) is 0 Å². The minimum Gasteiger partial charge on any atom is -0.383 e. The van der Waals surface area contributed by atoms with E-state index in [0.717, 1.165) is 44.9 Å². The number of benzene rings is 1. The highest BCUT2D eigenvalue weighted by atomic mass is 16.5. The monoisotopic (exact) mass is 436 g/mol. The van der Waals surface area contributed by atoms with Gasteiger partial charge in [0, 0.05) is 31.8 Å². The lowest BCUT2D eigenvalue weighted by molar-refractivity contribution is -0.179. The van der Waals surface area contributed by atoms with Crippen LogP contribution < -0.4 is 5.32 Å². The first-order chi connectivity index (χ1) is 15.3. The van der Waals surface area contributed by atoms with Crippen molar-refractivity contribution in [3.63, 3.8) is 0 Å². The number of ketones is 1. The maximum Gasteiger partial charge on any atom is 0.256 e. The van der Waals surface area contributed by atoms with Crippen molar-refractivity contribution in [2.24, 2.45) is 23.2 Å². The average Bonchev–Trinajstić information content (AvgIpc) is 3.51. The molecular formula is C27H36N2O3. The Balaban J connectivity index is 1.28. The molecule has 1 aromatic rings. The molecule has 0 spiro atoms. The van der Waals surface area contributed by atoms with Gasteiger partial charge in [-0.05, 0) is 68.3 Å². The fourth-order valence-corrected chi connectivity index (χ4v) is 6.62. The second kappa shape index (κ2) is 8.02. The van der Waals surface area contributed by atoms with Crippen molar-refractivity contribution >= 4 is 11.7 Å². The molecule has 0 aliphatic heterocycles. The van der Waals surface area contributed by atoms with Crippen LogP contribution in [0.25, 0.3) is 0 Å². The van der Waals surface area contributed by atoms with Gasteiger partial charge < -0.3 is 15.0 Å². The van der Waals surface area contributed by atoms with Crippen LogP contribution >= 0.6 is 0 Å². The molecule has 32 heavy (non-hydrogen) atoms. The predicted molar refractivity (Wildman–Crippen MR) is 124 cm³/mol. The van der Waals surface area contributed by atoms with Crippen LogP contribution in [0.2, 0.25) is 0 Å². The zero-order valence-corrected chi connectivity index (χ0v) is 19.6. The lowest BCUT2D eigenvalue weighted by Crippen LogP contribution is -2.62. The minimum atomic E-state index is -0.349. The predicted octanol–water partition coefficient (Wildman–Crippen LogP) is 4.08. The van der Waals surface area contributed by atoms with E-state index < -0.39 is 0 Å². The number of amides is 1. The average molecular weight is 437 g/mol. The third-order valence-corrected chi connectivity index (χ3v) is 8.33. The summed E-state index contributed by atoms with van der Waals surface area (Å²) in [6.07, 6.45) is 8.96. The highest BCUT2D eigenvalue weighted by Gasteiger charge is 2.57. The highest BCUT2D eigenvalue weighted by Crippen LogP contribution is 2.57. The first-order valence-electron chi connectivity index (χ1n) is 12.2. The first kappa shape index (κ1) is 21.7. The quantitative estimate of drug-likeness (QED) is 0.379. The van der Waals surface area contributed by atoms with Gasteiger partial charge in [-0.15, -0.1) is 0 Å². The van der Waals surface area contributed by atoms with E-state index in [-0.39, 0.29) is 28.7 Å². The molecule has 1 aromatic carbocycles. The molecule has 0 saturated heterocycles. The van der Waals surface area contributed by atoms with Gasteiger partial charge in [0.25, 0.3) is 5.91 Å². The fraction of sp³-hybridized carbons (Fsp3) is 0.630. The summed E-state index contributed by atoms with van der Waals surface area (Å²) < 4.78 is 6.59. The molecule has 0 aromatic heterocycles. The SMILES string of the molecule is CN(C)/C=C(\C(=O)NC1C2CC3CC1CC(OCc1ccccc1)(C3)C2)C(=O)C1(C)CC1. The summed E-state index contributed by atoms with van der Waals surface area (Å²) in [6.45, 7) is 2.63. The molecular weight excluding hydrogens is 400 g/mol. The Morgan fingerprint density at radius 3 is 2.34 bits per heavy atom. The fourth-order valence-electron chi connectivity index (χ4n) is 6.62. The maximum atomic E-state index is 13.3. The van der Waals surface area contributed by atoms with E-state index in [1.165, 1.54) is 5.56 Å². The molecule has 6 rings (SSSR count). The summed E-state index contributed by atoms with van der Waals surface area (Å²) in [5, 5.41) is 3.33. The Morgan fingerprint density at radius 2 is 1.75 bits per heavy atom. The summed E-state index contributed by atoms with van der Waals surface area (Å²) in [5.41, 5.74) is 1.14. The molecule has 5 fully saturated rings. The Labute approximate surface area is 191 Å². The van der Waals surface area contributed by atoms with Gasteiger partial charge in [0.2, 0.25) is 0 Å². The van der Waals surface area contributed by atoms with Gasteiger partial charge in [-0.1, -0.05) is 37.3 Å². The van der Waals surface area contributed by atoms with Crippen molar-refractivity contribution in [2.45, 2.75) is 70.1 Å². The third-order valence-electron chi connectivity index (χ3n) is 8.33. The summed E-state index contributed by atoms with van der Waals surface area (Å²) in [7, 11) is 3.74. The van der Waals surface area contributed by atoms with Crippen molar-refractivity contribution in [3.05, 3.63) is 47.7 Å². The van der Waals surface area contributed by atoms with Crippen LogP contribution in [-0.2, 0) is 20.9 Å². The van der Waals surface area contributed by atoms with Crippen LogP contribution in [0, 0.1) is 23.2 Å². The molecule has 2 unspecified atom stereocenters. The molecule has 5 aliphatic rings. The molecule has 5 nitrogen and oxygen atoms in total. The van der Waals surface area contributed by atoms with Gasteiger partial charge in [-0.3, -0.25) is 9.59 Å². The van der Waals surface area contributed by atoms with Crippen LogP contribution in [0.15, 0.2) is 42.1 Å². The summed E-state index contributed by atoms with van der Waals surface area (Å²) in [5.74, 6) is 1.38. The van der Waals surface area contributed by atoms with E-state index in [4.69, 9.17) is 4.74 Å². The lowest BCUT2D eigenvalue weighted by atomic mass is 9.52. The van der Waals surface area contributed by atoms with E-state index in [1.807, 2.05) is 32.0 Å². The molecule has 5 heteroatoms. The highest BCUT2D eigenvalue weighted by molar-refractivity contribution is 6.21. The maximum absolute atomic E-state index is 13.3. The Bertz CT molecular complexity index is 902. The first-order valence-corrected chi connectivity index (χ1v) is 12.2. The van der Waals surface area contributed by atoms with E-state index >= 15 is 0 Å². The number of carbonyl (C=O) groups excluding carboxylic acids is 2. The van der Waals surface area contributed by atoms with Crippen LogP contribution in [-0.4, -0.2) is 42.3 Å². The number of nitrogens with zero attached hydrogens (tertiary/aromatic N) is 1. The third kappa shape index (κ3) is 4.12. The van der Waals surface area contributed by atoms with Gasteiger partial charge >= 0.3 is 0 Å². The van der Waals surface area contributed by atoms with Gasteiger partial charge in [-0.25, -0.2) is 0 Å². The standard InChI is InChI=1S/C27H36N2O3/c1-26(9-10-26)24(30)22(16-29(2)3)25(31)28-23-20-11-19-12-21(23)15-27(13-19,14-20)32-17-18-7-5-4-6-8-18/h4-8,16,19-21,23H,9-15,17H2,1-3H3,(H,28,31)/b22-16-. The van der Waals surface area contributed by atoms with E-state index in [2.05, 4.69) is 29.6 Å². The largest absolute Gasteiger partial charge is 0.383 e. The van der Waals surface area contributed by atoms with Crippen LogP contribution in [0.4, 0.5) is 0 Å². The minimum absolute atomic E-state index is 0.00446. The van der Waals surface area contributed by atoms with Crippen molar-refractivity contribution in [1.82, 2.24) is 10.2 Å². The van der Waals surface area contributed by atoms with Crippen molar-refractivity contribution in [3.8, 4) is 0 Å². The van der Waals surface area contributed by atoms with Crippen LogP contribution in [0.3, 0.4) is 0 Å². The van der Waals surface area contributed by atoms with E-state index in [0.29, 0.717) is 29.9 Å². The van der Waals surface area contributed by atoms with E-state index in [9.17, 15) is 9.59 Å². The number of hydrogen-bond donors (Lipinski definition) is 1. The number of Topliss-reactive ketones (excluding diaryl/α,β-unsaturated/α-hetero) is 1. The molecule has 0 heterocycles. The summed E-state index contributed by atoms with van der Waals surface area (Å²) >= 11 is 0. The molecule has 5 saturated carbocycles. The molecule has 0 radical (unpaired) electrons. The van der Waals surface area contributed by atoms with Crippen LogP contribution in [0.1, 0.15) is 57.4 Å². The number of rotatable bonds is 8. The lowest BCUT2D eigenvalue weighted by Gasteiger charge is -2.59. The van der Waals surface area contributed by atoms with E-state index in [1.54, 1.807) is 6.20 Å².